The van der Waals surface area contributed by atoms with Gasteiger partial charge in [-0.25, -0.2) is 9.97 Å². The summed E-state index contributed by atoms with van der Waals surface area (Å²) in [5.41, 5.74) is 3.94. The van der Waals surface area contributed by atoms with Crippen molar-refractivity contribution < 1.29 is 5.11 Å². The zero-order valence-corrected chi connectivity index (χ0v) is 17.7. The molecule has 1 aromatic carbocycles. The van der Waals surface area contributed by atoms with Crippen LogP contribution in [0.4, 0.5) is 11.8 Å². The maximum absolute atomic E-state index is 9.54. The average Bonchev–Trinajstić information content (AvgIpc) is 3.38. The zero-order chi connectivity index (χ0) is 20.7. The lowest BCUT2D eigenvalue weighted by molar-refractivity contribution is 0.229. The second-order valence-electron chi connectivity index (χ2n) is 8.87. The molecule has 0 amide bonds. The summed E-state index contributed by atoms with van der Waals surface area (Å²) in [5.74, 6) is 3.52. The molecular formula is C23H30N6O. The number of para-hydroxylation sites is 2. The van der Waals surface area contributed by atoms with Crippen LogP contribution >= 0.6 is 0 Å². The van der Waals surface area contributed by atoms with Crippen LogP contribution in [0.25, 0.3) is 22.4 Å². The van der Waals surface area contributed by atoms with Crippen LogP contribution in [0.15, 0.2) is 24.3 Å². The maximum atomic E-state index is 9.54. The van der Waals surface area contributed by atoms with Gasteiger partial charge in [-0.05, 0) is 63.0 Å². The Kier molecular flexibility index (Phi) is 5.06. The molecule has 2 saturated carbocycles. The van der Waals surface area contributed by atoms with Gasteiger partial charge in [0, 0.05) is 26.2 Å². The molecule has 2 aliphatic rings. The Morgan fingerprint density at radius 2 is 1.87 bits per heavy atom. The van der Waals surface area contributed by atoms with E-state index < -0.39 is 0 Å². The standard InChI is InChI=1S/C23H30N6O/c1-14-20(22-27-18-5-3-4-6-19(18)29(22)2)21(26-17-10-9-16(11-17)13-30)28-23(25-14)24-12-15-7-8-15/h3-6,15-17,30H,7-13H2,1-2H3,(H2,24,25,26,28)/t16-,17+/m1/s1. The van der Waals surface area contributed by atoms with Crippen LogP contribution in [0.5, 0.6) is 0 Å². The van der Waals surface area contributed by atoms with E-state index in [1.165, 1.54) is 12.8 Å². The number of aliphatic hydroxyl groups is 1. The molecule has 7 nitrogen and oxygen atoms in total. The van der Waals surface area contributed by atoms with Crippen LogP contribution in [-0.2, 0) is 7.05 Å². The number of benzene rings is 1. The lowest BCUT2D eigenvalue weighted by atomic mass is 10.1. The molecule has 5 rings (SSSR count). The fourth-order valence-corrected chi connectivity index (χ4v) is 4.52. The van der Waals surface area contributed by atoms with E-state index in [0.29, 0.717) is 17.9 Å². The van der Waals surface area contributed by atoms with E-state index in [0.717, 1.165) is 65.7 Å². The molecule has 2 atom stereocenters. The molecule has 0 saturated heterocycles. The van der Waals surface area contributed by atoms with Crippen molar-refractivity contribution >= 4 is 22.8 Å². The number of aryl methyl sites for hydroxylation is 2. The Morgan fingerprint density at radius 3 is 2.60 bits per heavy atom. The SMILES string of the molecule is Cc1nc(NCC2CC2)nc(N[C@H]2CC[C@@H](CO)C2)c1-c1nc2ccccc2n1C. The average molecular weight is 407 g/mol. The summed E-state index contributed by atoms with van der Waals surface area (Å²) < 4.78 is 2.12. The molecule has 2 fully saturated rings. The highest BCUT2D eigenvalue weighted by Gasteiger charge is 2.27. The van der Waals surface area contributed by atoms with Crippen molar-refractivity contribution in [2.45, 2.75) is 45.1 Å². The number of aromatic nitrogens is 4. The third-order valence-corrected chi connectivity index (χ3v) is 6.49. The molecule has 0 bridgehead atoms. The van der Waals surface area contributed by atoms with Gasteiger partial charge >= 0.3 is 0 Å². The van der Waals surface area contributed by atoms with Crippen LogP contribution in [0.2, 0.25) is 0 Å². The fraction of sp³-hybridized carbons (Fsp3) is 0.522. The van der Waals surface area contributed by atoms with Crippen LogP contribution in [-0.4, -0.2) is 43.8 Å². The summed E-state index contributed by atoms with van der Waals surface area (Å²) in [6.07, 6.45) is 5.64. The Labute approximate surface area is 177 Å². The van der Waals surface area contributed by atoms with Gasteiger partial charge in [-0.1, -0.05) is 12.1 Å². The van der Waals surface area contributed by atoms with Gasteiger partial charge in [0.05, 0.1) is 22.3 Å². The quantitative estimate of drug-likeness (QED) is 0.554. The molecule has 2 aromatic heterocycles. The first-order chi connectivity index (χ1) is 14.6. The summed E-state index contributed by atoms with van der Waals surface area (Å²) in [6.45, 7) is 3.22. The van der Waals surface area contributed by atoms with Gasteiger partial charge in [0.1, 0.15) is 11.6 Å². The van der Waals surface area contributed by atoms with Crippen LogP contribution in [0.1, 0.15) is 37.8 Å². The van der Waals surface area contributed by atoms with Crippen molar-refractivity contribution in [3.63, 3.8) is 0 Å². The molecule has 30 heavy (non-hydrogen) atoms. The molecule has 3 N–H and O–H groups in total. The lowest BCUT2D eigenvalue weighted by Crippen LogP contribution is -2.20. The summed E-state index contributed by atoms with van der Waals surface area (Å²) >= 11 is 0. The molecule has 0 unspecified atom stereocenters. The number of nitrogens with zero attached hydrogens (tertiary/aromatic N) is 4. The smallest absolute Gasteiger partial charge is 0.224 e. The van der Waals surface area contributed by atoms with Crippen LogP contribution in [0, 0.1) is 18.8 Å². The van der Waals surface area contributed by atoms with Gasteiger partial charge < -0.3 is 20.3 Å². The van der Waals surface area contributed by atoms with Gasteiger partial charge in [-0.3, -0.25) is 0 Å². The topological polar surface area (TPSA) is 87.9 Å². The number of hydrogen-bond acceptors (Lipinski definition) is 6. The van der Waals surface area contributed by atoms with Gasteiger partial charge in [0.25, 0.3) is 0 Å². The van der Waals surface area contributed by atoms with Gasteiger partial charge in [0.15, 0.2) is 0 Å². The highest BCUT2D eigenvalue weighted by atomic mass is 16.3. The Morgan fingerprint density at radius 1 is 1.07 bits per heavy atom. The molecule has 7 heteroatoms. The highest BCUT2D eigenvalue weighted by molar-refractivity contribution is 5.84. The number of imidazole rings is 1. The number of anilines is 2. The second kappa shape index (κ2) is 7.87. The van der Waals surface area contributed by atoms with E-state index in [1.54, 1.807) is 0 Å². The van der Waals surface area contributed by atoms with E-state index in [9.17, 15) is 5.11 Å². The molecular weight excluding hydrogens is 376 g/mol. The Hall–Kier alpha value is -2.67. The number of rotatable bonds is 7. The van der Waals surface area contributed by atoms with E-state index in [4.69, 9.17) is 15.0 Å². The molecule has 0 aliphatic heterocycles. The lowest BCUT2D eigenvalue weighted by Gasteiger charge is -2.19. The van der Waals surface area contributed by atoms with E-state index in [2.05, 4.69) is 21.3 Å². The second-order valence-corrected chi connectivity index (χ2v) is 8.87. The largest absolute Gasteiger partial charge is 0.396 e. The maximum Gasteiger partial charge on any atom is 0.224 e. The van der Waals surface area contributed by atoms with E-state index >= 15 is 0 Å². The monoisotopic (exact) mass is 406 g/mol. The first-order valence-electron chi connectivity index (χ1n) is 11.0. The number of hydrogen-bond donors (Lipinski definition) is 3. The van der Waals surface area contributed by atoms with Crippen LogP contribution < -0.4 is 10.6 Å². The first-order valence-corrected chi connectivity index (χ1v) is 11.0. The fourth-order valence-electron chi connectivity index (χ4n) is 4.52. The third-order valence-electron chi connectivity index (χ3n) is 6.49. The Balaban J connectivity index is 1.54. The van der Waals surface area contributed by atoms with Crippen molar-refractivity contribution in [3.05, 3.63) is 30.0 Å². The minimum absolute atomic E-state index is 0.257. The zero-order valence-electron chi connectivity index (χ0n) is 17.7. The van der Waals surface area contributed by atoms with Crippen molar-refractivity contribution in [3.8, 4) is 11.4 Å². The van der Waals surface area contributed by atoms with Gasteiger partial charge in [-0.2, -0.15) is 4.98 Å². The van der Waals surface area contributed by atoms with Gasteiger partial charge in [-0.15, -0.1) is 0 Å². The van der Waals surface area contributed by atoms with Crippen molar-refractivity contribution in [1.29, 1.82) is 0 Å². The first kappa shape index (κ1) is 19.3. The van der Waals surface area contributed by atoms with E-state index in [-0.39, 0.29) is 6.61 Å². The number of aliphatic hydroxyl groups excluding tert-OH is 1. The summed E-state index contributed by atoms with van der Waals surface area (Å²) in [5, 5.41) is 16.6. The predicted molar refractivity (Wildman–Crippen MR) is 120 cm³/mol. The van der Waals surface area contributed by atoms with Crippen molar-refractivity contribution in [2.75, 3.05) is 23.8 Å². The molecule has 0 spiro atoms. The summed E-state index contributed by atoms with van der Waals surface area (Å²) in [6, 6.07) is 8.48. The van der Waals surface area contributed by atoms with Crippen molar-refractivity contribution in [2.24, 2.45) is 18.9 Å². The third kappa shape index (κ3) is 3.74. The number of fused-ring (bicyclic) bond motifs is 1. The highest BCUT2D eigenvalue weighted by Crippen LogP contribution is 2.35. The predicted octanol–water partition coefficient (Wildman–Crippen LogP) is 3.73. The van der Waals surface area contributed by atoms with Crippen LogP contribution in [0.3, 0.4) is 0 Å². The van der Waals surface area contributed by atoms with Gasteiger partial charge in [0.2, 0.25) is 5.95 Å². The minimum atomic E-state index is 0.257. The number of nitrogens with one attached hydrogen (secondary N) is 2. The molecule has 2 heterocycles. The minimum Gasteiger partial charge on any atom is -0.396 e. The van der Waals surface area contributed by atoms with Crippen molar-refractivity contribution in [1.82, 2.24) is 19.5 Å². The summed E-state index contributed by atoms with van der Waals surface area (Å²) in [4.78, 5) is 14.6. The molecule has 2 aliphatic carbocycles. The molecule has 3 aromatic rings. The van der Waals surface area contributed by atoms with E-state index in [1.807, 2.05) is 32.2 Å². The summed E-state index contributed by atoms with van der Waals surface area (Å²) in [7, 11) is 2.05. The Bertz CT molecular complexity index is 1060. The molecule has 0 radical (unpaired) electrons. The molecule has 158 valence electrons. The normalized spacial score (nSPS) is 21.3.